The van der Waals surface area contributed by atoms with Crippen LogP contribution in [0.25, 0.3) is 16.9 Å². The molecule has 0 saturated carbocycles. The highest BCUT2D eigenvalue weighted by molar-refractivity contribution is 9.10. The lowest BCUT2D eigenvalue weighted by atomic mass is 10.1. The van der Waals surface area contributed by atoms with Gasteiger partial charge in [-0.05, 0) is 30.3 Å². The Bertz CT molecular complexity index is 1190. The van der Waals surface area contributed by atoms with Crippen molar-refractivity contribution in [3.05, 3.63) is 71.1 Å². The third-order valence-electron chi connectivity index (χ3n) is 4.23. The molecule has 7 nitrogen and oxygen atoms in total. The van der Waals surface area contributed by atoms with E-state index in [4.69, 9.17) is 4.74 Å². The number of carbonyl (C=O) groups excluding carboxylic acids is 1. The van der Waals surface area contributed by atoms with Crippen molar-refractivity contribution in [1.29, 1.82) is 0 Å². The number of ether oxygens (including phenoxy) is 1. The first-order valence-electron chi connectivity index (χ1n) is 8.34. The van der Waals surface area contributed by atoms with E-state index in [2.05, 4.69) is 31.2 Å². The quantitative estimate of drug-likeness (QED) is 0.459. The number of esters is 1. The Morgan fingerprint density at radius 2 is 2.07 bits per heavy atom. The molecule has 28 heavy (non-hydrogen) atoms. The zero-order valence-electron chi connectivity index (χ0n) is 14.8. The molecule has 0 atom stereocenters. The predicted octanol–water partition coefficient (Wildman–Crippen LogP) is 4.39. The molecule has 2 aromatic carbocycles. The summed E-state index contributed by atoms with van der Waals surface area (Å²) in [7, 11) is 1.34. The van der Waals surface area contributed by atoms with Crippen LogP contribution in [0.3, 0.4) is 0 Å². The molecule has 2 N–H and O–H groups in total. The van der Waals surface area contributed by atoms with Crippen LogP contribution < -0.4 is 5.32 Å². The van der Waals surface area contributed by atoms with Crippen molar-refractivity contribution in [3.63, 3.8) is 0 Å². The molecule has 2 aromatic heterocycles. The van der Waals surface area contributed by atoms with Crippen LogP contribution in [0.15, 0.2) is 65.5 Å². The maximum Gasteiger partial charge on any atom is 0.339 e. The highest BCUT2D eigenvalue weighted by Gasteiger charge is 2.20. The average Bonchev–Trinajstić information content (AvgIpc) is 3.08. The van der Waals surface area contributed by atoms with Crippen molar-refractivity contribution in [1.82, 2.24) is 14.4 Å². The summed E-state index contributed by atoms with van der Waals surface area (Å²) >= 11 is 3.43. The molecule has 140 valence electrons. The van der Waals surface area contributed by atoms with Gasteiger partial charge in [0, 0.05) is 22.4 Å². The summed E-state index contributed by atoms with van der Waals surface area (Å²) in [6.45, 7) is 0. The standard InChI is InChI=1S/C20H15BrN4O3/c1-28-20(27)13-4-2-3-5-15(13)23-19-18(14-10-12(21)6-7-16(14)26)24-17-11-22-8-9-25(17)19/h2-11,23,26H,1H3. The van der Waals surface area contributed by atoms with Crippen molar-refractivity contribution < 1.29 is 14.6 Å². The molecule has 4 aromatic rings. The largest absolute Gasteiger partial charge is 0.507 e. The van der Waals surface area contributed by atoms with E-state index in [0.29, 0.717) is 34.0 Å². The number of phenols is 1. The second kappa shape index (κ2) is 7.32. The fourth-order valence-electron chi connectivity index (χ4n) is 2.92. The number of hydrogen-bond donors (Lipinski definition) is 2. The van der Waals surface area contributed by atoms with Crippen LogP contribution in [0.2, 0.25) is 0 Å². The van der Waals surface area contributed by atoms with Crippen molar-refractivity contribution in [2.24, 2.45) is 0 Å². The number of hydrogen-bond acceptors (Lipinski definition) is 6. The second-order valence-corrected chi connectivity index (χ2v) is 6.85. The van der Waals surface area contributed by atoms with Gasteiger partial charge in [-0.25, -0.2) is 9.78 Å². The van der Waals surface area contributed by atoms with Gasteiger partial charge in [-0.1, -0.05) is 28.1 Å². The summed E-state index contributed by atoms with van der Waals surface area (Å²) in [5, 5.41) is 13.7. The molecule has 0 aliphatic heterocycles. The minimum absolute atomic E-state index is 0.0869. The highest BCUT2D eigenvalue weighted by Crippen LogP contribution is 2.37. The lowest BCUT2D eigenvalue weighted by Gasteiger charge is -2.12. The summed E-state index contributed by atoms with van der Waals surface area (Å²) in [5.41, 5.74) is 2.60. The fourth-order valence-corrected chi connectivity index (χ4v) is 3.28. The van der Waals surface area contributed by atoms with E-state index in [0.717, 1.165) is 4.47 Å². The molecule has 0 aliphatic carbocycles. The summed E-state index contributed by atoms with van der Waals surface area (Å²) in [5.74, 6) is 0.219. The van der Waals surface area contributed by atoms with Gasteiger partial charge in [0.2, 0.25) is 0 Å². The molecule has 0 unspecified atom stereocenters. The van der Waals surface area contributed by atoms with Crippen LogP contribution in [0, 0.1) is 0 Å². The third-order valence-corrected chi connectivity index (χ3v) is 4.72. The normalized spacial score (nSPS) is 10.8. The average molecular weight is 439 g/mol. The van der Waals surface area contributed by atoms with Crippen LogP contribution in [-0.4, -0.2) is 32.6 Å². The monoisotopic (exact) mass is 438 g/mol. The predicted molar refractivity (Wildman–Crippen MR) is 109 cm³/mol. The Morgan fingerprint density at radius 3 is 2.89 bits per heavy atom. The zero-order chi connectivity index (χ0) is 19.7. The molecule has 0 spiro atoms. The number of fused-ring (bicyclic) bond motifs is 1. The number of methoxy groups -OCH3 is 1. The Kier molecular flexibility index (Phi) is 4.70. The van der Waals surface area contributed by atoms with Gasteiger partial charge in [-0.2, -0.15) is 0 Å². The van der Waals surface area contributed by atoms with Gasteiger partial charge in [0.1, 0.15) is 17.3 Å². The smallest absolute Gasteiger partial charge is 0.339 e. The number of halogens is 1. The summed E-state index contributed by atoms with van der Waals surface area (Å²) in [4.78, 5) is 20.9. The van der Waals surface area contributed by atoms with Crippen molar-refractivity contribution in [2.45, 2.75) is 0 Å². The summed E-state index contributed by atoms with van der Waals surface area (Å²) in [6.07, 6.45) is 5.01. The van der Waals surface area contributed by atoms with E-state index in [1.165, 1.54) is 7.11 Å². The van der Waals surface area contributed by atoms with E-state index < -0.39 is 5.97 Å². The van der Waals surface area contributed by atoms with Crippen LogP contribution in [0.5, 0.6) is 5.75 Å². The number of benzene rings is 2. The van der Waals surface area contributed by atoms with Gasteiger partial charge in [-0.15, -0.1) is 0 Å². The summed E-state index contributed by atoms with van der Waals surface area (Å²) < 4.78 is 7.48. The number of carbonyl (C=O) groups is 1. The minimum Gasteiger partial charge on any atom is -0.507 e. The molecule has 0 radical (unpaired) electrons. The highest BCUT2D eigenvalue weighted by atomic mass is 79.9. The number of nitrogens with one attached hydrogen (secondary N) is 1. The number of para-hydroxylation sites is 1. The molecule has 0 bridgehead atoms. The van der Waals surface area contributed by atoms with E-state index in [1.54, 1.807) is 59.4 Å². The van der Waals surface area contributed by atoms with E-state index in [-0.39, 0.29) is 5.75 Å². The van der Waals surface area contributed by atoms with Crippen molar-refractivity contribution in [3.8, 4) is 17.0 Å². The van der Waals surface area contributed by atoms with Crippen molar-refractivity contribution >= 4 is 39.1 Å². The van der Waals surface area contributed by atoms with E-state index >= 15 is 0 Å². The van der Waals surface area contributed by atoms with E-state index in [1.807, 2.05) is 6.07 Å². The van der Waals surface area contributed by atoms with Gasteiger partial charge < -0.3 is 15.2 Å². The second-order valence-electron chi connectivity index (χ2n) is 5.94. The number of aromatic nitrogens is 3. The topological polar surface area (TPSA) is 88.8 Å². The number of rotatable bonds is 4. The maximum absolute atomic E-state index is 12.1. The van der Waals surface area contributed by atoms with Gasteiger partial charge in [-0.3, -0.25) is 9.38 Å². The molecule has 0 saturated heterocycles. The molecular formula is C20H15BrN4O3. The maximum atomic E-state index is 12.1. The first-order chi connectivity index (χ1) is 13.6. The first kappa shape index (κ1) is 18.0. The molecular weight excluding hydrogens is 424 g/mol. The minimum atomic E-state index is -0.453. The van der Waals surface area contributed by atoms with Gasteiger partial charge in [0.15, 0.2) is 5.65 Å². The Morgan fingerprint density at radius 1 is 1.25 bits per heavy atom. The van der Waals surface area contributed by atoms with Crippen molar-refractivity contribution in [2.75, 3.05) is 12.4 Å². The number of aromatic hydroxyl groups is 1. The van der Waals surface area contributed by atoms with Crippen LogP contribution >= 0.6 is 15.9 Å². The Balaban J connectivity index is 1.93. The fraction of sp³-hybridized carbons (Fsp3) is 0.0500. The molecule has 0 aliphatic rings. The van der Waals surface area contributed by atoms with Crippen LogP contribution in [0.1, 0.15) is 10.4 Å². The molecule has 0 fully saturated rings. The van der Waals surface area contributed by atoms with Gasteiger partial charge in [0.25, 0.3) is 0 Å². The Hall–Kier alpha value is -3.39. The third kappa shape index (κ3) is 3.18. The lowest BCUT2D eigenvalue weighted by Crippen LogP contribution is -2.06. The zero-order valence-corrected chi connectivity index (χ0v) is 16.3. The Labute approximate surface area is 168 Å². The number of phenolic OH excluding ortho intramolecular Hbond substituents is 1. The molecule has 2 heterocycles. The lowest BCUT2D eigenvalue weighted by molar-refractivity contribution is 0.0602. The number of imidazole rings is 1. The van der Waals surface area contributed by atoms with Crippen LogP contribution in [-0.2, 0) is 4.74 Å². The molecule has 8 heteroatoms. The molecule has 4 rings (SSSR count). The van der Waals surface area contributed by atoms with Gasteiger partial charge in [0.05, 0.1) is 24.6 Å². The van der Waals surface area contributed by atoms with Gasteiger partial charge >= 0.3 is 5.97 Å². The van der Waals surface area contributed by atoms with Crippen LogP contribution in [0.4, 0.5) is 11.5 Å². The summed E-state index contributed by atoms with van der Waals surface area (Å²) in [6, 6.07) is 12.1. The van der Waals surface area contributed by atoms with E-state index in [9.17, 15) is 9.90 Å². The molecule has 0 amide bonds. The number of nitrogens with zero attached hydrogens (tertiary/aromatic N) is 3. The SMILES string of the molecule is COC(=O)c1ccccc1Nc1c(-c2cc(Br)ccc2O)nc2cnccn12. The number of anilines is 2. The first-order valence-corrected chi connectivity index (χ1v) is 9.13.